The van der Waals surface area contributed by atoms with E-state index in [1.807, 2.05) is 0 Å². The second-order valence-corrected chi connectivity index (χ2v) is 9.05. The molecule has 0 saturated carbocycles. The molecule has 5 rings (SSSR count). The number of benzene rings is 3. The van der Waals surface area contributed by atoms with E-state index in [0.29, 0.717) is 33.5 Å². The number of amides is 2. The van der Waals surface area contributed by atoms with Crippen molar-refractivity contribution in [2.24, 2.45) is 0 Å². The number of hydrogen-bond donors (Lipinski definition) is 0. The number of carbonyl (C=O) groups is 4. The number of hydrogen-bond acceptors (Lipinski definition) is 6. The highest BCUT2D eigenvalue weighted by molar-refractivity contribution is 6.45. The van der Waals surface area contributed by atoms with E-state index < -0.39 is 11.7 Å². The number of methoxy groups -OCH3 is 2. The molecule has 0 bridgehead atoms. The van der Waals surface area contributed by atoms with E-state index in [2.05, 4.69) is 0 Å². The van der Waals surface area contributed by atoms with Crippen LogP contribution in [-0.2, 0) is 4.79 Å². The molecule has 1 saturated heterocycles. The minimum atomic E-state index is -0.706. The molecule has 2 heterocycles. The van der Waals surface area contributed by atoms with Gasteiger partial charge in [-0.05, 0) is 30.3 Å². The number of ether oxygens (including phenoxy) is 2. The maximum atomic E-state index is 13.4. The van der Waals surface area contributed by atoms with Crippen LogP contribution in [0.2, 0.25) is 0 Å². The summed E-state index contributed by atoms with van der Waals surface area (Å²) in [6.45, 7) is 0.988. The molecule has 1 aliphatic heterocycles. The summed E-state index contributed by atoms with van der Waals surface area (Å²) in [6.07, 6.45) is 1.42. The summed E-state index contributed by atoms with van der Waals surface area (Å²) in [4.78, 5) is 56.3. The van der Waals surface area contributed by atoms with Crippen molar-refractivity contribution in [1.82, 2.24) is 14.4 Å². The molecule has 198 valence electrons. The third-order valence-electron chi connectivity index (χ3n) is 6.90. The highest BCUT2D eigenvalue weighted by atomic mass is 16.5. The predicted molar refractivity (Wildman–Crippen MR) is 144 cm³/mol. The van der Waals surface area contributed by atoms with Gasteiger partial charge < -0.3 is 19.3 Å². The summed E-state index contributed by atoms with van der Waals surface area (Å²) in [5.74, 6) is -1.06. The Morgan fingerprint density at radius 2 is 1.13 bits per heavy atom. The van der Waals surface area contributed by atoms with Crippen molar-refractivity contribution < 1.29 is 28.7 Å². The molecule has 0 atom stereocenters. The highest BCUT2D eigenvalue weighted by Gasteiger charge is 2.31. The molecule has 3 aromatic carbocycles. The van der Waals surface area contributed by atoms with Gasteiger partial charge in [0, 0.05) is 37.8 Å². The topological polar surface area (TPSA) is 98.1 Å². The molecule has 2 amide bonds. The zero-order chi connectivity index (χ0) is 27.5. The molecule has 9 nitrogen and oxygen atoms in total. The third kappa shape index (κ3) is 4.74. The fourth-order valence-electron chi connectivity index (χ4n) is 4.84. The highest BCUT2D eigenvalue weighted by Crippen LogP contribution is 2.26. The first-order chi connectivity index (χ1) is 18.9. The summed E-state index contributed by atoms with van der Waals surface area (Å²) >= 11 is 0. The van der Waals surface area contributed by atoms with Gasteiger partial charge in [0.05, 0.1) is 36.4 Å². The average Bonchev–Trinajstić information content (AvgIpc) is 3.39. The van der Waals surface area contributed by atoms with E-state index in [4.69, 9.17) is 9.47 Å². The van der Waals surface area contributed by atoms with Crippen molar-refractivity contribution in [2.75, 3.05) is 40.4 Å². The normalized spacial score (nSPS) is 13.3. The van der Waals surface area contributed by atoms with Crippen molar-refractivity contribution >= 4 is 34.4 Å². The van der Waals surface area contributed by atoms with E-state index in [9.17, 15) is 19.2 Å². The lowest BCUT2D eigenvalue weighted by molar-refractivity contribution is -0.127. The van der Waals surface area contributed by atoms with Gasteiger partial charge in [-0.25, -0.2) is 0 Å². The van der Waals surface area contributed by atoms with Crippen LogP contribution in [0.25, 0.3) is 10.9 Å². The minimum Gasteiger partial charge on any atom is -0.496 e. The first kappa shape index (κ1) is 25.7. The van der Waals surface area contributed by atoms with Crippen molar-refractivity contribution in [2.45, 2.75) is 0 Å². The van der Waals surface area contributed by atoms with E-state index in [-0.39, 0.29) is 43.6 Å². The molecule has 0 radical (unpaired) electrons. The molecule has 1 aliphatic rings. The largest absolute Gasteiger partial charge is 0.496 e. The van der Waals surface area contributed by atoms with Crippen LogP contribution in [0.5, 0.6) is 11.5 Å². The van der Waals surface area contributed by atoms with Crippen LogP contribution >= 0.6 is 0 Å². The van der Waals surface area contributed by atoms with Crippen LogP contribution in [0.1, 0.15) is 31.1 Å². The lowest BCUT2D eigenvalue weighted by atomic mass is 10.1. The number of Topliss-reactive ketones (excluding diaryl/α,β-unsaturated/α-hetero) is 1. The van der Waals surface area contributed by atoms with E-state index in [1.54, 1.807) is 77.7 Å². The summed E-state index contributed by atoms with van der Waals surface area (Å²) < 4.78 is 12.0. The number of aromatic nitrogens is 1. The molecule has 39 heavy (non-hydrogen) atoms. The number of para-hydroxylation sites is 3. The van der Waals surface area contributed by atoms with Gasteiger partial charge in [-0.3, -0.25) is 23.7 Å². The van der Waals surface area contributed by atoms with Crippen molar-refractivity contribution in [1.29, 1.82) is 0 Å². The number of rotatable bonds is 6. The van der Waals surface area contributed by atoms with Crippen molar-refractivity contribution in [3.05, 3.63) is 95.7 Å². The SMILES string of the molecule is COc1ccccc1C(=O)N1CCN(C(=O)C(=O)c2cn(C(=O)c3ccccc3OC)c3ccccc23)CC1. The zero-order valence-corrected chi connectivity index (χ0v) is 21.6. The molecule has 0 unspecified atom stereocenters. The molecule has 1 fully saturated rings. The second-order valence-electron chi connectivity index (χ2n) is 9.05. The Hall–Kier alpha value is -4.92. The van der Waals surface area contributed by atoms with Gasteiger partial charge in [0.1, 0.15) is 11.5 Å². The Morgan fingerprint density at radius 1 is 0.615 bits per heavy atom. The standard InChI is InChI=1S/C30H27N3O6/c1-38-25-13-7-4-10-21(25)28(35)31-15-17-32(18-16-31)30(37)27(34)23-19-33(24-12-6-3-9-20(23)24)29(36)22-11-5-8-14-26(22)39-2/h3-14,19H,15-18H2,1-2H3. The third-order valence-corrected chi connectivity index (χ3v) is 6.90. The van der Waals surface area contributed by atoms with E-state index in [0.717, 1.165) is 0 Å². The maximum Gasteiger partial charge on any atom is 0.295 e. The number of piperazine rings is 1. The molecule has 9 heteroatoms. The number of fused-ring (bicyclic) bond motifs is 1. The Labute approximate surface area is 225 Å². The lowest BCUT2D eigenvalue weighted by Crippen LogP contribution is -2.52. The Morgan fingerprint density at radius 3 is 1.74 bits per heavy atom. The predicted octanol–water partition coefficient (Wildman–Crippen LogP) is 3.51. The fraction of sp³-hybridized carbons (Fsp3) is 0.200. The molecule has 4 aromatic rings. The maximum absolute atomic E-state index is 13.4. The van der Waals surface area contributed by atoms with Gasteiger partial charge >= 0.3 is 0 Å². The summed E-state index contributed by atoms with van der Waals surface area (Å²) in [5.41, 5.74) is 1.44. The van der Waals surface area contributed by atoms with Crippen molar-refractivity contribution in [3.8, 4) is 11.5 Å². The zero-order valence-electron chi connectivity index (χ0n) is 21.6. The minimum absolute atomic E-state index is 0.145. The molecule has 0 N–H and O–H groups in total. The van der Waals surface area contributed by atoms with Crippen LogP contribution in [0, 0.1) is 0 Å². The number of carbonyl (C=O) groups excluding carboxylic acids is 4. The van der Waals surface area contributed by atoms with Crippen LogP contribution in [0.3, 0.4) is 0 Å². The van der Waals surface area contributed by atoms with Gasteiger partial charge in [-0.1, -0.05) is 42.5 Å². The van der Waals surface area contributed by atoms with E-state index in [1.165, 1.54) is 29.9 Å². The fourth-order valence-corrected chi connectivity index (χ4v) is 4.84. The van der Waals surface area contributed by atoms with Gasteiger partial charge in [0.25, 0.3) is 23.5 Å². The first-order valence-electron chi connectivity index (χ1n) is 12.5. The van der Waals surface area contributed by atoms with Crippen LogP contribution in [0.15, 0.2) is 79.0 Å². The van der Waals surface area contributed by atoms with Crippen LogP contribution in [0.4, 0.5) is 0 Å². The Kier molecular flexibility index (Phi) is 7.14. The number of nitrogens with zero attached hydrogens (tertiary/aromatic N) is 3. The lowest BCUT2D eigenvalue weighted by Gasteiger charge is -2.34. The Bertz CT molecular complexity index is 1580. The molecular weight excluding hydrogens is 498 g/mol. The summed E-state index contributed by atoms with van der Waals surface area (Å²) in [5, 5.41) is 0.504. The quantitative estimate of drug-likeness (QED) is 0.282. The summed E-state index contributed by atoms with van der Waals surface area (Å²) in [7, 11) is 2.99. The van der Waals surface area contributed by atoms with Gasteiger partial charge in [0.15, 0.2) is 0 Å². The van der Waals surface area contributed by atoms with Crippen LogP contribution in [-0.4, -0.2) is 78.3 Å². The molecule has 0 spiro atoms. The smallest absolute Gasteiger partial charge is 0.295 e. The van der Waals surface area contributed by atoms with Gasteiger partial charge in [0.2, 0.25) is 0 Å². The summed E-state index contributed by atoms with van der Waals surface area (Å²) in [6, 6.07) is 20.8. The van der Waals surface area contributed by atoms with E-state index >= 15 is 0 Å². The first-order valence-corrected chi connectivity index (χ1v) is 12.5. The monoisotopic (exact) mass is 525 g/mol. The molecule has 0 aliphatic carbocycles. The molecular formula is C30H27N3O6. The Balaban J connectivity index is 1.36. The molecule has 1 aromatic heterocycles. The van der Waals surface area contributed by atoms with Gasteiger partial charge in [-0.2, -0.15) is 0 Å². The second kappa shape index (κ2) is 10.8. The van der Waals surface area contributed by atoms with Gasteiger partial charge in [-0.15, -0.1) is 0 Å². The van der Waals surface area contributed by atoms with Crippen molar-refractivity contribution in [3.63, 3.8) is 0 Å². The average molecular weight is 526 g/mol. The van der Waals surface area contributed by atoms with Crippen LogP contribution < -0.4 is 9.47 Å². The number of ketones is 1.